The van der Waals surface area contributed by atoms with Gasteiger partial charge in [-0.1, -0.05) is 11.6 Å². The van der Waals surface area contributed by atoms with Crippen LogP contribution < -0.4 is 15.5 Å². The number of morpholine rings is 1. The standard InChI is InChI=1S/C14H18ClN3O3/c1-16-13-9-4-10(15)12(5-11(9)17-14(13)20)18-2-3-21-7-8(18)6-19/h4-5,8,13,16,19H,2-3,6-7H2,1H3,(H,17,20). The van der Waals surface area contributed by atoms with Crippen LogP contribution in [-0.4, -0.2) is 50.5 Å². The van der Waals surface area contributed by atoms with E-state index in [1.54, 1.807) is 7.05 Å². The van der Waals surface area contributed by atoms with Crippen molar-refractivity contribution < 1.29 is 14.6 Å². The summed E-state index contributed by atoms with van der Waals surface area (Å²) in [5, 5.41) is 15.9. The Bertz CT molecular complexity index is 567. The Labute approximate surface area is 128 Å². The van der Waals surface area contributed by atoms with Crippen molar-refractivity contribution in [2.75, 3.05) is 43.6 Å². The van der Waals surface area contributed by atoms with E-state index in [1.165, 1.54) is 0 Å². The van der Waals surface area contributed by atoms with Gasteiger partial charge in [-0.15, -0.1) is 0 Å². The number of ether oxygens (including phenoxy) is 1. The van der Waals surface area contributed by atoms with E-state index in [2.05, 4.69) is 10.6 Å². The van der Waals surface area contributed by atoms with Gasteiger partial charge in [-0.3, -0.25) is 4.79 Å². The Morgan fingerprint density at radius 2 is 2.38 bits per heavy atom. The predicted octanol–water partition coefficient (Wildman–Crippen LogP) is 0.750. The second-order valence-electron chi connectivity index (χ2n) is 5.21. The van der Waals surface area contributed by atoms with E-state index in [0.29, 0.717) is 24.8 Å². The topological polar surface area (TPSA) is 73.8 Å². The number of aliphatic hydroxyl groups excluding tert-OH is 1. The van der Waals surface area contributed by atoms with Crippen molar-refractivity contribution in [2.24, 2.45) is 0 Å². The molecule has 0 spiro atoms. The van der Waals surface area contributed by atoms with Crippen molar-refractivity contribution >= 4 is 28.9 Å². The minimum Gasteiger partial charge on any atom is -0.394 e. The van der Waals surface area contributed by atoms with Crippen molar-refractivity contribution in [1.29, 1.82) is 0 Å². The van der Waals surface area contributed by atoms with Gasteiger partial charge in [0, 0.05) is 17.8 Å². The van der Waals surface area contributed by atoms with Crippen molar-refractivity contribution in [2.45, 2.75) is 12.1 Å². The molecule has 1 fully saturated rings. The smallest absolute Gasteiger partial charge is 0.246 e. The zero-order valence-electron chi connectivity index (χ0n) is 11.7. The minimum absolute atomic E-state index is 0.00108. The summed E-state index contributed by atoms with van der Waals surface area (Å²) in [5.41, 5.74) is 2.43. The van der Waals surface area contributed by atoms with Crippen LogP contribution in [0.2, 0.25) is 5.02 Å². The molecular formula is C14H18ClN3O3. The van der Waals surface area contributed by atoms with Gasteiger partial charge in [-0.05, 0) is 19.2 Å². The number of anilines is 2. The molecule has 1 saturated heterocycles. The number of nitrogens with zero attached hydrogens (tertiary/aromatic N) is 1. The second-order valence-corrected chi connectivity index (χ2v) is 5.61. The van der Waals surface area contributed by atoms with Crippen LogP contribution in [0.15, 0.2) is 12.1 Å². The maximum atomic E-state index is 11.9. The van der Waals surface area contributed by atoms with Gasteiger partial charge in [0.15, 0.2) is 0 Å². The fourth-order valence-corrected chi connectivity index (χ4v) is 3.18. The van der Waals surface area contributed by atoms with Gasteiger partial charge in [-0.25, -0.2) is 0 Å². The third kappa shape index (κ3) is 2.48. The SMILES string of the molecule is CNC1C(=O)Nc2cc(N3CCOCC3CO)c(Cl)cc21. The average Bonchev–Trinajstić information content (AvgIpc) is 2.80. The molecule has 114 valence electrons. The number of carbonyl (C=O) groups is 1. The summed E-state index contributed by atoms with van der Waals surface area (Å²) in [6.45, 7) is 1.72. The van der Waals surface area contributed by atoms with Crippen LogP contribution in [0.4, 0.5) is 11.4 Å². The lowest BCUT2D eigenvalue weighted by molar-refractivity contribution is -0.117. The molecule has 2 aliphatic heterocycles. The first-order chi connectivity index (χ1) is 10.2. The molecule has 0 aliphatic carbocycles. The highest BCUT2D eigenvalue weighted by Gasteiger charge is 2.32. The fraction of sp³-hybridized carbons (Fsp3) is 0.500. The number of carbonyl (C=O) groups excluding carboxylic acids is 1. The molecule has 1 amide bonds. The van der Waals surface area contributed by atoms with E-state index < -0.39 is 0 Å². The number of aliphatic hydroxyl groups is 1. The minimum atomic E-state index is -0.370. The van der Waals surface area contributed by atoms with E-state index in [0.717, 1.165) is 16.9 Å². The Hall–Kier alpha value is -1.34. The lowest BCUT2D eigenvalue weighted by Crippen LogP contribution is -2.47. The Morgan fingerprint density at radius 3 is 3.10 bits per heavy atom. The van der Waals surface area contributed by atoms with Gasteiger partial charge in [0.25, 0.3) is 0 Å². The highest BCUT2D eigenvalue weighted by atomic mass is 35.5. The molecule has 2 atom stereocenters. The monoisotopic (exact) mass is 311 g/mol. The number of fused-ring (bicyclic) bond motifs is 1. The molecule has 2 aliphatic rings. The summed E-state index contributed by atoms with van der Waals surface area (Å²) >= 11 is 6.40. The zero-order valence-corrected chi connectivity index (χ0v) is 12.5. The number of likely N-dealkylation sites (N-methyl/N-ethyl adjacent to an activating group) is 1. The van der Waals surface area contributed by atoms with Crippen molar-refractivity contribution in [3.05, 3.63) is 22.7 Å². The van der Waals surface area contributed by atoms with E-state index in [9.17, 15) is 9.90 Å². The van der Waals surface area contributed by atoms with Crippen LogP contribution in [0.3, 0.4) is 0 Å². The van der Waals surface area contributed by atoms with Crippen LogP contribution in [0.1, 0.15) is 11.6 Å². The average molecular weight is 312 g/mol. The van der Waals surface area contributed by atoms with E-state index >= 15 is 0 Å². The van der Waals surface area contributed by atoms with Gasteiger partial charge in [-0.2, -0.15) is 0 Å². The first kappa shape index (κ1) is 14.6. The molecule has 6 nitrogen and oxygen atoms in total. The van der Waals surface area contributed by atoms with Crippen LogP contribution in [-0.2, 0) is 9.53 Å². The molecule has 2 heterocycles. The lowest BCUT2D eigenvalue weighted by atomic mass is 10.1. The van der Waals surface area contributed by atoms with Crippen LogP contribution in [0.5, 0.6) is 0 Å². The summed E-state index contributed by atoms with van der Waals surface area (Å²) in [7, 11) is 1.74. The summed E-state index contributed by atoms with van der Waals surface area (Å²) in [4.78, 5) is 13.9. The first-order valence-electron chi connectivity index (χ1n) is 6.92. The first-order valence-corrected chi connectivity index (χ1v) is 7.30. The zero-order chi connectivity index (χ0) is 15.0. The Balaban J connectivity index is 1.98. The summed E-state index contributed by atoms with van der Waals surface area (Å²) < 4.78 is 5.38. The van der Waals surface area contributed by atoms with E-state index in [1.807, 2.05) is 17.0 Å². The highest BCUT2D eigenvalue weighted by molar-refractivity contribution is 6.33. The number of hydrogen-bond acceptors (Lipinski definition) is 5. The molecule has 0 bridgehead atoms. The maximum absolute atomic E-state index is 11.9. The number of hydrogen-bond donors (Lipinski definition) is 3. The van der Waals surface area contributed by atoms with Gasteiger partial charge in [0.2, 0.25) is 5.91 Å². The largest absolute Gasteiger partial charge is 0.394 e. The third-order valence-corrected chi connectivity index (χ3v) is 4.29. The number of benzene rings is 1. The predicted molar refractivity (Wildman–Crippen MR) is 80.9 cm³/mol. The molecule has 0 radical (unpaired) electrons. The van der Waals surface area contributed by atoms with E-state index in [4.69, 9.17) is 16.3 Å². The van der Waals surface area contributed by atoms with E-state index in [-0.39, 0.29) is 24.6 Å². The Morgan fingerprint density at radius 1 is 1.57 bits per heavy atom. The number of rotatable bonds is 3. The molecule has 0 aromatic heterocycles. The molecule has 3 N–H and O–H groups in total. The molecule has 3 rings (SSSR count). The molecule has 7 heteroatoms. The molecule has 2 unspecified atom stereocenters. The molecule has 1 aromatic rings. The van der Waals surface area contributed by atoms with Gasteiger partial charge >= 0.3 is 0 Å². The summed E-state index contributed by atoms with van der Waals surface area (Å²) in [6.07, 6.45) is 0. The normalized spacial score (nSPS) is 24.9. The van der Waals surface area contributed by atoms with Gasteiger partial charge in [0.1, 0.15) is 6.04 Å². The number of nitrogens with one attached hydrogen (secondary N) is 2. The van der Waals surface area contributed by atoms with Crippen LogP contribution in [0.25, 0.3) is 0 Å². The quantitative estimate of drug-likeness (QED) is 0.768. The molecule has 21 heavy (non-hydrogen) atoms. The van der Waals surface area contributed by atoms with Crippen molar-refractivity contribution in [3.63, 3.8) is 0 Å². The van der Waals surface area contributed by atoms with Crippen molar-refractivity contribution in [1.82, 2.24) is 5.32 Å². The van der Waals surface area contributed by atoms with Gasteiger partial charge in [0.05, 0.1) is 36.6 Å². The number of halogens is 1. The van der Waals surface area contributed by atoms with Crippen LogP contribution in [0, 0.1) is 0 Å². The third-order valence-electron chi connectivity index (χ3n) is 3.99. The van der Waals surface area contributed by atoms with Gasteiger partial charge < -0.3 is 25.4 Å². The molecule has 1 aromatic carbocycles. The highest BCUT2D eigenvalue weighted by Crippen LogP contribution is 2.39. The van der Waals surface area contributed by atoms with Crippen LogP contribution >= 0.6 is 11.6 Å². The molecule has 0 saturated carbocycles. The molecular weight excluding hydrogens is 294 g/mol. The second kappa shape index (κ2) is 5.81. The number of amides is 1. The summed E-state index contributed by atoms with van der Waals surface area (Å²) in [6, 6.07) is 3.20. The van der Waals surface area contributed by atoms with Crippen molar-refractivity contribution in [3.8, 4) is 0 Å². The lowest BCUT2D eigenvalue weighted by Gasteiger charge is -2.37. The fourth-order valence-electron chi connectivity index (χ4n) is 2.90. The maximum Gasteiger partial charge on any atom is 0.246 e. The Kier molecular flexibility index (Phi) is 4.03. The summed E-state index contributed by atoms with van der Waals surface area (Å²) in [5.74, 6) is -0.0820.